The van der Waals surface area contributed by atoms with Crippen molar-refractivity contribution in [1.82, 2.24) is 15.1 Å². The summed E-state index contributed by atoms with van der Waals surface area (Å²) in [4.78, 5) is 13.0. The number of nitrogens with zero attached hydrogens (tertiary/aromatic N) is 2. The number of hydrogen-bond acceptors (Lipinski definition) is 4. The molecule has 0 aliphatic heterocycles. The van der Waals surface area contributed by atoms with Gasteiger partial charge in [0.1, 0.15) is 0 Å². The predicted molar refractivity (Wildman–Crippen MR) is 99.4 cm³/mol. The number of rotatable bonds is 4. The van der Waals surface area contributed by atoms with E-state index in [0.717, 1.165) is 31.4 Å². The highest BCUT2D eigenvalue weighted by atomic mass is 16.5. The Balaban J connectivity index is 1.56. The van der Waals surface area contributed by atoms with Crippen molar-refractivity contribution < 1.29 is 9.53 Å². The van der Waals surface area contributed by atoms with Crippen LogP contribution in [0.5, 0.6) is 5.75 Å². The van der Waals surface area contributed by atoms with Crippen molar-refractivity contribution in [3.63, 3.8) is 0 Å². The SMILES string of the molecule is COc1cn(-c2ccccc2)nc1C(=O)NC1C2CCCC1CC(N)C2. The number of hydrogen-bond donors (Lipinski definition) is 2. The van der Waals surface area contributed by atoms with Gasteiger partial charge in [-0.2, -0.15) is 5.10 Å². The molecule has 2 aliphatic carbocycles. The molecular weight excluding hydrogens is 328 g/mol. The Bertz CT molecular complexity index is 759. The topological polar surface area (TPSA) is 82.2 Å². The summed E-state index contributed by atoms with van der Waals surface area (Å²) in [5, 5.41) is 7.73. The average Bonchev–Trinajstić information content (AvgIpc) is 3.08. The van der Waals surface area contributed by atoms with Crippen LogP contribution >= 0.6 is 0 Å². The van der Waals surface area contributed by atoms with Gasteiger partial charge in [-0.25, -0.2) is 4.68 Å². The Morgan fingerprint density at radius 1 is 1.23 bits per heavy atom. The first-order chi connectivity index (χ1) is 12.7. The van der Waals surface area contributed by atoms with E-state index in [9.17, 15) is 4.79 Å². The number of fused-ring (bicyclic) bond motifs is 2. The zero-order valence-corrected chi connectivity index (χ0v) is 15.1. The van der Waals surface area contributed by atoms with E-state index < -0.39 is 0 Å². The van der Waals surface area contributed by atoms with Crippen LogP contribution in [0.15, 0.2) is 36.5 Å². The van der Waals surface area contributed by atoms with E-state index in [1.165, 1.54) is 6.42 Å². The van der Waals surface area contributed by atoms with Gasteiger partial charge in [0.05, 0.1) is 19.0 Å². The monoisotopic (exact) mass is 354 g/mol. The molecule has 6 heteroatoms. The molecule has 2 bridgehead atoms. The first-order valence-corrected chi connectivity index (χ1v) is 9.41. The fraction of sp³-hybridized carbons (Fsp3) is 0.500. The van der Waals surface area contributed by atoms with Crippen molar-refractivity contribution in [2.24, 2.45) is 17.6 Å². The van der Waals surface area contributed by atoms with Gasteiger partial charge in [-0.15, -0.1) is 0 Å². The third kappa shape index (κ3) is 3.21. The summed E-state index contributed by atoms with van der Waals surface area (Å²) in [6, 6.07) is 10.2. The molecule has 6 nitrogen and oxygen atoms in total. The second-order valence-electron chi connectivity index (χ2n) is 7.51. The maximum atomic E-state index is 13.0. The van der Waals surface area contributed by atoms with Crippen LogP contribution in [0.4, 0.5) is 0 Å². The Morgan fingerprint density at radius 3 is 2.58 bits per heavy atom. The summed E-state index contributed by atoms with van der Waals surface area (Å²) < 4.78 is 7.09. The minimum atomic E-state index is -0.158. The van der Waals surface area contributed by atoms with E-state index in [1.54, 1.807) is 18.0 Å². The van der Waals surface area contributed by atoms with Crippen LogP contribution in [-0.4, -0.2) is 34.9 Å². The lowest BCUT2D eigenvalue weighted by Gasteiger charge is -2.45. The van der Waals surface area contributed by atoms with Crippen molar-refractivity contribution in [3.8, 4) is 11.4 Å². The van der Waals surface area contributed by atoms with Crippen LogP contribution < -0.4 is 15.8 Å². The van der Waals surface area contributed by atoms with Crippen molar-refractivity contribution in [2.45, 2.75) is 44.2 Å². The molecule has 1 amide bonds. The Kier molecular flexibility index (Phi) is 4.68. The number of nitrogens with one attached hydrogen (secondary N) is 1. The highest BCUT2D eigenvalue weighted by Crippen LogP contribution is 2.39. The number of benzene rings is 1. The highest BCUT2D eigenvalue weighted by Gasteiger charge is 2.40. The standard InChI is InChI=1S/C20H26N4O2/c1-26-17-12-24(16-8-3-2-4-9-16)23-19(17)20(25)22-18-13-6-5-7-14(18)11-15(21)10-13/h2-4,8-9,12-15,18H,5-7,10-11,21H2,1H3,(H,22,25). The molecule has 0 radical (unpaired) electrons. The maximum absolute atomic E-state index is 13.0. The van der Waals surface area contributed by atoms with E-state index in [0.29, 0.717) is 23.3 Å². The van der Waals surface area contributed by atoms with E-state index in [4.69, 9.17) is 10.5 Å². The van der Waals surface area contributed by atoms with Gasteiger partial charge in [-0.3, -0.25) is 4.79 Å². The van der Waals surface area contributed by atoms with Gasteiger partial charge in [-0.05, 0) is 49.7 Å². The zero-order chi connectivity index (χ0) is 18.1. The summed E-state index contributed by atoms with van der Waals surface area (Å²) in [6.45, 7) is 0. The Labute approximate surface area is 153 Å². The Morgan fingerprint density at radius 2 is 1.92 bits per heavy atom. The molecule has 1 aromatic heterocycles. The number of para-hydroxylation sites is 1. The van der Waals surface area contributed by atoms with Gasteiger partial charge in [0.25, 0.3) is 5.91 Å². The Hall–Kier alpha value is -2.34. The molecule has 2 unspecified atom stereocenters. The fourth-order valence-corrected chi connectivity index (χ4v) is 4.62. The van der Waals surface area contributed by atoms with E-state index in [1.807, 2.05) is 30.3 Å². The molecule has 138 valence electrons. The molecule has 1 heterocycles. The first kappa shape index (κ1) is 17.1. The van der Waals surface area contributed by atoms with Crippen molar-refractivity contribution >= 4 is 5.91 Å². The van der Waals surface area contributed by atoms with Crippen LogP contribution in [0.1, 0.15) is 42.6 Å². The lowest BCUT2D eigenvalue weighted by atomic mass is 9.67. The van der Waals surface area contributed by atoms with Crippen molar-refractivity contribution in [2.75, 3.05) is 7.11 Å². The minimum absolute atomic E-state index is 0.158. The predicted octanol–water partition coefficient (Wildman–Crippen LogP) is 2.52. The lowest BCUT2D eigenvalue weighted by Crippen LogP contribution is -2.53. The summed E-state index contributed by atoms with van der Waals surface area (Å²) in [7, 11) is 1.57. The van der Waals surface area contributed by atoms with Crippen LogP contribution in [-0.2, 0) is 0 Å². The molecule has 2 fully saturated rings. The fourth-order valence-electron chi connectivity index (χ4n) is 4.62. The van der Waals surface area contributed by atoms with Gasteiger partial charge in [-0.1, -0.05) is 24.6 Å². The maximum Gasteiger partial charge on any atom is 0.275 e. The first-order valence-electron chi connectivity index (χ1n) is 9.41. The smallest absolute Gasteiger partial charge is 0.275 e. The summed E-state index contributed by atoms with van der Waals surface area (Å²) in [5.74, 6) is 1.28. The molecule has 3 N–H and O–H groups in total. The number of nitrogens with two attached hydrogens (primary N) is 1. The molecule has 2 saturated carbocycles. The molecule has 2 atom stereocenters. The lowest BCUT2D eigenvalue weighted by molar-refractivity contribution is 0.0749. The highest BCUT2D eigenvalue weighted by molar-refractivity contribution is 5.95. The van der Waals surface area contributed by atoms with Gasteiger partial charge in [0, 0.05) is 12.1 Å². The third-order valence-corrected chi connectivity index (χ3v) is 5.81. The summed E-state index contributed by atoms with van der Waals surface area (Å²) in [5.41, 5.74) is 7.43. The second-order valence-corrected chi connectivity index (χ2v) is 7.51. The van der Waals surface area contributed by atoms with Crippen LogP contribution in [0.25, 0.3) is 5.69 Å². The van der Waals surface area contributed by atoms with Gasteiger partial charge < -0.3 is 15.8 Å². The zero-order valence-electron chi connectivity index (χ0n) is 15.1. The number of aromatic nitrogens is 2. The minimum Gasteiger partial charge on any atom is -0.493 e. The molecule has 2 aliphatic rings. The average molecular weight is 354 g/mol. The van der Waals surface area contributed by atoms with E-state index >= 15 is 0 Å². The van der Waals surface area contributed by atoms with Crippen molar-refractivity contribution in [1.29, 1.82) is 0 Å². The van der Waals surface area contributed by atoms with Gasteiger partial charge in [0.15, 0.2) is 11.4 Å². The normalized spacial score (nSPS) is 27.8. The van der Waals surface area contributed by atoms with Crippen LogP contribution in [0, 0.1) is 11.8 Å². The molecule has 26 heavy (non-hydrogen) atoms. The molecular formula is C20H26N4O2. The van der Waals surface area contributed by atoms with Crippen LogP contribution in [0.3, 0.4) is 0 Å². The largest absolute Gasteiger partial charge is 0.493 e. The molecule has 1 aromatic carbocycles. The van der Waals surface area contributed by atoms with Gasteiger partial charge >= 0.3 is 0 Å². The number of carbonyl (C=O) groups is 1. The van der Waals surface area contributed by atoms with E-state index in [2.05, 4.69) is 10.4 Å². The molecule has 4 rings (SSSR count). The molecule has 2 aromatic rings. The molecule has 0 spiro atoms. The number of amides is 1. The molecule has 0 saturated heterocycles. The summed E-state index contributed by atoms with van der Waals surface area (Å²) >= 11 is 0. The summed E-state index contributed by atoms with van der Waals surface area (Å²) in [6.07, 6.45) is 7.27. The number of carbonyl (C=O) groups excluding carboxylic acids is 1. The third-order valence-electron chi connectivity index (χ3n) is 5.81. The number of methoxy groups -OCH3 is 1. The van der Waals surface area contributed by atoms with Gasteiger partial charge in [0.2, 0.25) is 0 Å². The quantitative estimate of drug-likeness (QED) is 0.884. The van der Waals surface area contributed by atoms with E-state index in [-0.39, 0.29) is 18.0 Å². The number of ether oxygens (including phenoxy) is 1. The van der Waals surface area contributed by atoms with Crippen molar-refractivity contribution in [3.05, 3.63) is 42.2 Å². The van der Waals surface area contributed by atoms with Crippen LogP contribution in [0.2, 0.25) is 0 Å². The second kappa shape index (κ2) is 7.11.